The molecule has 0 spiro atoms. The zero-order chi connectivity index (χ0) is 21.0. The number of carboxylic acid groups (broad SMARTS) is 1. The molecule has 2 aromatic carbocycles. The van der Waals surface area contributed by atoms with Crippen LogP contribution < -0.4 is 0 Å². The Morgan fingerprint density at radius 3 is 2.38 bits per heavy atom. The molecule has 152 valence electrons. The van der Waals surface area contributed by atoms with E-state index in [1.807, 2.05) is 31.2 Å². The second-order valence-electron chi connectivity index (χ2n) is 6.99. The average molecular weight is 413 g/mol. The van der Waals surface area contributed by atoms with Crippen molar-refractivity contribution >= 4 is 15.8 Å². The van der Waals surface area contributed by atoms with E-state index in [1.54, 1.807) is 24.3 Å². The van der Waals surface area contributed by atoms with Crippen LogP contribution in [0.1, 0.15) is 43.1 Å². The van der Waals surface area contributed by atoms with Crippen molar-refractivity contribution in [2.45, 2.75) is 36.5 Å². The number of aromatic nitrogens is 1. The first-order valence-corrected chi connectivity index (χ1v) is 11.2. The third kappa shape index (κ3) is 4.74. The van der Waals surface area contributed by atoms with Crippen molar-refractivity contribution in [2.24, 2.45) is 0 Å². The molecule has 6 nitrogen and oxygen atoms in total. The molecule has 1 heterocycles. The van der Waals surface area contributed by atoms with E-state index in [2.05, 4.69) is 4.98 Å². The molecule has 0 bridgehead atoms. The predicted molar refractivity (Wildman–Crippen MR) is 110 cm³/mol. The van der Waals surface area contributed by atoms with Crippen molar-refractivity contribution in [1.82, 2.24) is 4.98 Å². The molecule has 0 fully saturated rings. The summed E-state index contributed by atoms with van der Waals surface area (Å²) in [5, 5.41) is 9.67. The Kier molecular flexibility index (Phi) is 6.17. The molecule has 29 heavy (non-hydrogen) atoms. The molecule has 7 heteroatoms. The Balaban J connectivity index is 1.97. The number of sulfone groups is 1. The Morgan fingerprint density at radius 1 is 1.14 bits per heavy atom. The largest absolute Gasteiger partial charge is 0.481 e. The van der Waals surface area contributed by atoms with E-state index in [0.717, 1.165) is 23.1 Å². The molecule has 0 radical (unpaired) electrons. The number of rotatable bonds is 8. The van der Waals surface area contributed by atoms with Crippen molar-refractivity contribution in [2.75, 3.05) is 6.26 Å². The van der Waals surface area contributed by atoms with Gasteiger partial charge in [0.1, 0.15) is 12.2 Å². The molecule has 2 unspecified atom stereocenters. The van der Waals surface area contributed by atoms with Crippen molar-refractivity contribution in [3.05, 3.63) is 72.4 Å². The number of benzene rings is 2. The Bertz CT molecular complexity index is 1070. The highest BCUT2D eigenvalue weighted by Gasteiger charge is 2.29. The number of carboxylic acids is 1. The fourth-order valence-electron chi connectivity index (χ4n) is 3.51. The molecule has 3 rings (SSSR count). The van der Waals surface area contributed by atoms with Gasteiger partial charge in [0, 0.05) is 6.26 Å². The lowest BCUT2D eigenvalue weighted by molar-refractivity contribution is -0.139. The van der Waals surface area contributed by atoms with Crippen LogP contribution in [0, 0.1) is 0 Å². The van der Waals surface area contributed by atoms with E-state index >= 15 is 0 Å². The molecule has 0 saturated heterocycles. The monoisotopic (exact) mass is 413 g/mol. The van der Waals surface area contributed by atoms with Gasteiger partial charge in [0.15, 0.2) is 9.84 Å². The molecule has 0 amide bonds. The maximum Gasteiger partial charge on any atom is 0.315 e. The SMILES string of the molecule is CCC(CC(C(=O)O)c1ncco1)c1ccccc1-c1ccc(S(C)(=O)=O)cc1. The third-order valence-electron chi connectivity index (χ3n) is 5.05. The minimum atomic E-state index is -3.27. The van der Waals surface area contributed by atoms with Gasteiger partial charge in [-0.2, -0.15) is 0 Å². The second kappa shape index (κ2) is 8.61. The van der Waals surface area contributed by atoms with Gasteiger partial charge in [-0.05, 0) is 47.6 Å². The minimum Gasteiger partial charge on any atom is -0.481 e. The van der Waals surface area contributed by atoms with Crippen LogP contribution in [0.5, 0.6) is 0 Å². The van der Waals surface area contributed by atoms with E-state index in [9.17, 15) is 18.3 Å². The molecule has 0 saturated carbocycles. The van der Waals surface area contributed by atoms with Gasteiger partial charge in [-0.15, -0.1) is 0 Å². The third-order valence-corrected chi connectivity index (χ3v) is 6.18. The normalized spacial score (nSPS) is 13.7. The molecule has 3 aromatic rings. The van der Waals surface area contributed by atoms with E-state index < -0.39 is 21.7 Å². The van der Waals surface area contributed by atoms with Crippen molar-refractivity contribution in [3.8, 4) is 11.1 Å². The van der Waals surface area contributed by atoms with Crippen LogP contribution in [0.4, 0.5) is 0 Å². The smallest absolute Gasteiger partial charge is 0.315 e. The molecular formula is C22H23NO5S. The zero-order valence-corrected chi connectivity index (χ0v) is 17.1. The summed E-state index contributed by atoms with van der Waals surface area (Å²) in [6.45, 7) is 2.02. The summed E-state index contributed by atoms with van der Waals surface area (Å²) in [5.74, 6) is -1.64. The summed E-state index contributed by atoms with van der Waals surface area (Å²) in [4.78, 5) is 16.1. The van der Waals surface area contributed by atoms with Crippen LogP contribution in [0.3, 0.4) is 0 Å². The van der Waals surface area contributed by atoms with E-state index in [-0.39, 0.29) is 16.7 Å². The fraction of sp³-hybridized carbons (Fsp3) is 0.273. The molecule has 1 aromatic heterocycles. The molecule has 0 aliphatic carbocycles. The first kappa shape index (κ1) is 20.8. The Labute approximate surface area is 170 Å². The number of hydrogen-bond acceptors (Lipinski definition) is 5. The van der Waals surface area contributed by atoms with Gasteiger partial charge in [-0.1, -0.05) is 43.3 Å². The van der Waals surface area contributed by atoms with E-state index in [0.29, 0.717) is 6.42 Å². The molecular weight excluding hydrogens is 390 g/mol. The molecule has 0 aliphatic heterocycles. The van der Waals surface area contributed by atoms with E-state index in [1.165, 1.54) is 18.7 Å². The summed E-state index contributed by atoms with van der Waals surface area (Å²) >= 11 is 0. The van der Waals surface area contributed by atoms with Gasteiger partial charge in [0.05, 0.1) is 11.1 Å². The summed E-state index contributed by atoms with van der Waals surface area (Å²) < 4.78 is 28.7. The zero-order valence-electron chi connectivity index (χ0n) is 16.3. The van der Waals surface area contributed by atoms with Gasteiger partial charge in [-0.3, -0.25) is 4.79 Å². The summed E-state index contributed by atoms with van der Waals surface area (Å²) in [7, 11) is -3.27. The fourth-order valence-corrected chi connectivity index (χ4v) is 4.14. The lowest BCUT2D eigenvalue weighted by Gasteiger charge is -2.22. The number of carbonyl (C=O) groups is 1. The van der Waals surface area contributed by atoms with Crippen LogP contribution in [-0.2, 0) is 14.6 Å². The highest BCUT2D eigenvalue weighted by Crippen LogP contribution is 2.37. The van der Waals surface area contributed by atoms with Crippen LogP contribution >= 0.6 is 0 Å². The lowest BCUT2D eigenvalue weighted by atomic mass is 9.83. The number of hydrogen-bond donors (Lipinski definition) is 1. The maximum atomic E-state index is 11.8. The Hall–Kier alpha value is -2.93. The van der Waals surface area contributed by atoms with Gasteiger partial charge < -0.3 is 9.52 Å². The average Bonchev–Trinajstić information content (AvgIpc) is 3.22. The van der Waals surface area contributed by atoms with Crippen molar-refractivity contribution < 1.29 is 22.7 Å². The highest BCUT2D eigenvalue weighted by molar-refractivity contribution is 7.90. The van der Waals surface area contributed by atoms with E-state index in [4.69, 9.17) is 4.42 Å². The molecule has 2 atom stereocenters. The second-order valence-corrected chi connectivity index (χ2v) is 9.00. The molecule has 0 aliphatic rings. The van der Waals surface area contributed by atoms with Crippen molar-refractivity contribution in [1.29, 1.82) is 0 Å². The van der Waals surface area contributed by atoms with Gasteiger partial charge in [0.25, 0.3) is 0 Å². The van der Waals surface area contributed by atoms with Crippen LogP contribution in [0.2, 0.25) is 0 Å². The van der Waals surface area contributed by atoms with Gasteiger partial charge in [0.2, 0.25) is 5.89 Å². The number of aliphatic carboxylic acids is 1. The molecule has 1 N–H and O–H groups in total. The van der Waals surface area contributed by atoms with Gasteiger partial charge >= 0.3 is 5.97 Å². The standard InChI is InChI=1S/C22H23NO5S/c1-3-15(14-20(22(24)25)21-23-12-13-28-21)18-6-4-5-7-19(18)16-8-10-17(11-9-16)29(2,26)27/h4-13,15,20H,3,14H2,1-2H3,(H,24,25). The highest BCUT2D eigenvalue weighted by atomic mass is 32.2. The van der Waals surface area contributed by atoms with Crippen LogP contribution in [0.15, 0.2) is 70.3 Å². The summed E-state index contributed by atoms with van der Waals surface area (Å²) in [6, 6.07) is 14.5. The maximum absolute atomic E-state index is 11.8. The van der Waals surface area contributed by atoms with Crippen LogP contribution in [-0.4, -0.2) is 30.7 Å². The summed E-state index contributed by atoms with van der Waals surface area (Å²) in [6.07, 6.45) is 5.10. The first-order valence-electron chi connectivity index (χ1n) is 9.32. The summed E-state index contributed by atoms with van der Waals surface area (Å²) in [5.41, 5.74) is 2.85. The Morgan fingerprint density at radius 2 is 1.83 bits per heavy atom. The van der Waals surface area contributed by atoms with Crippen molar-refractivity contribution in [3.63, 3.8) is 0 Å². The topological polar surface area (TPSA) is 97.5 Å². The number of oxazole rings is 1. The minimum absolute atomic E-state index is 0.0335. The lowest BCUT2D eigenvalue weighted by Crippen LogP contribution is -2.16. The number of nitrogens with zero attached hydrogens (tertiary/aromatic N) is 1. The predicted octanol–water partition coefficient (Wildman–Crippen LogP) is 4.50. The quantitative estimate of drug-likeness (QED) is 0.584. The van der Waals surface area contributed by atoms with Gasteiger partial charge in [-0.25, -0.2) is 13.4 Å². The van der Waals surface area contributed by atoms with Crippen LogP contribution in [0.25, 0.3) is 11.1 Å². The first-order chi connectivity index (χ1) is 13.8.